The zero-order valence-corrected chi connectivity index (χ0v) is 12.2. The van der Waals surface area contributed by atoms with Crippen LogP contribution >= 0.6 is 0 Å². The number of aromatic nitrogens is 1. The average molecular weight is 321 g/mol. The fraction of sp³-hybridized carbons (Fsp3) is 0.188. The summed E-state index contributed by atoms with van der Waals surface area (Å²) in [5.74, 6) is 0.111. The Kier molecular flexibility index (Phi) is 3.63. The Labute approximate surface area is 130 Å². The van der Waals surface area contributed by atoms with Crippen molar-refractivity contribution < 1.29 is 17.6 Å². The molecular weight excluding hydrogens is 307 g/mol. The van der Waals surface area contributed by atoms with Gasteiger partial charge in [0.15, 0.2) is 5.58 Å². The normalized spacial score (nSPS) is 11.8. The predicted molar refractivity (Wildman–Crippen MR) is 82.5 cm³/mol. The van der Waals surface area contributed by atoms with Crippen molar-refractivity contribution in [3.8, 4) is 0 Å². The van der Waals surface area contributed by atoms with Crippen LogP contribution in [0.15, 0.2) is 40.9 Å². The number of hydrogen-bond acceptors (Lipinski definition) is 4. The molecule has 0 unspecified atom stereocenters. The van der Waals surface area contributed by atoms with Gasteiger partial charge in [-0.1, -0.05) is 13.0 Å². The van der Waals surface area contributed by atoms with Gasteiger partial charge in [0.1, 0.15) is 5.69 Å². The predicted octanol–water partition coefficient (Wildman–Crippen LogP) is 4.73. The minimum Gasteiger partial charge on any atom is -0.437 e. The quantitative estimate of drug-likeness (QED) is 0.731. The summed E-state index contributed by atoms with van der Waals surface area (Å²) < 4.78 is 43.9. The number of fused-ring (bicyclic) bond motifs is 1. The van der Waals surface area contributed by atoms with Gasteiger partial charge in [0.2, 0.25) is 5.88 Å². The van der Waals surface area contributed by atoms with E-state index in [1.165, 1.54) is 12.1 Å². The summed E-state index contributed by atoms with van der Waals surface area (Å²) in [6.45, 7) is 1.93. The van der Waals surface area contributed by atoms with Gasteiger partial charge in [0, 0.05) is 17.3 Å². The largest absolute Gasteiger partial charge is 0.437 e. The molecule has 0 spiro atoms. The molecule has 4 nitrogen and oxygen atoms in total. The number of rotatable bonds is 3. The van der Waals surface area contributed by atoms with Gasteiger partial charge in [-0.15, -0.1) is 0 Å². The van der Waals surface area contributed by atoms with Crippen LogP contribution in [0.4, 0.5) is 30.4 Å². The Bertz CT molecular complexity index is 855. The SMILES string of the molecule is CCc1nccc2c(Nc3cccc(C(F)(F)F)c3)c(N)oc12. The molecule has 0 amide bonds. The molecule has 0 atom stereocenters. The molecule has 3 aromatic rings. The lowest BCUT2D eigenvalue weighted by Gasteiger charge is -2.10. The maximum atomic E-state index is 12.8. The first kappa shape index (κ1) is 15.2. The summed E-state index contributed by atoms with van der Waals surface area (Å²) >= 11 is 0. The van der Waals surface area contributed by atoms with E-state index >= 15 is 0 Å². The molecule has 120 valence electrons. The Morgan fingerprint density at radius 2 is 2.04 bits per heavy atom. The van der Waals surface area contributed by atoms with Crippen molar-refractivity contribution in [2.45, 2.75) is 19.5 Å². The van der Waals surface area contributed by atoms with Crippen molar-refractivity contribution >= 4 is 28.2 Å². The number of benzene rings is 1. The van der Waals surface area contributed by atoms with Gasteiger partial charge in [-0.05, 0) is 30.7 Å². The number of nitrogens with two attached hydrogens (primary N) is 1. The summed E-state index contributed by atoms with van der Waals surface area (Å²) in [7, 11) is 0. The molecule has 0 aliphatic rings. The molecule has 2 aromatic heterocycles. The summed E-state index contributed by atoms with van der Waals surface area (Å²) in [4.78, 5) is 4.21. The van der Waals surface area contributed by atoms with Crippen molar-refractivity contribution in [1.82, 2.24) is 4.98 Å². The number of aryl methyl sites for hydroxylation is 1. The monoisotopic (exact) mass is 321 g/mol. The summed E-state index contributed by atoms with van der Waals surface area (Å²) in [6.07, 6.45) is -2.12. The number of pyridine rings is 1. The van der Waals surface area contributed by atoms with E-state index in [0.717, 1.165) is 17.8 Å². The highest BCUT2D eigenvalue weighted by Crippen LogP contribution is 2.37. The maximum Gasteiger partial charge on any atom is 0.416 e. The Hall–Kier alpha value is -2.70. The second kappa shape index (κ2) is 5.49. The Morgan fingerprint density at radius 1 is 1.26 bits per heavy atom. The van der Waals surface area contributed by atoms with Gasteiger partial charge >= 0.3 is 6.18 Å². The van der Waals surface area contributed by atoms with Crippen LogP contribution in [0.25, 0.3) is 11.0 Å². The third kappa shape index (κ3) is 2.81. The van der Waals surface area contributed by atoms with E-state index in [0.29, 0.717) is 23.1 Å². The molecule has 0 saturated carbocycles. The fourth-order valence-electron chi connectivity index (χ4n) is 2.39. The zero-order valence-electron chi connectivity index (χ0n) is 12.2. The summed E-state index contributed by atoms with van der Waals surface area (Å²) in [6, 6.07) is 6.63. The van der Waals surface area contributed by atoms with E-state index in [1.54, 1.807) is 12.3 Å². The highest BCUT2D eigenvalue weighted by molar-refractivity contribution is 5.99. The lowest BCUT2D eigenvalue weighted by molar-refractivity contribution is -0.137. The molecule has 2 heterocycles. The van der Waals surface area contributed by atoms with Gasteiger partial charge < -0.3 is 15.5 Å². The molecule has 3 rings (SSSR count). The Morgan fingerprint density at radius 3 is 2.74 bits per heavy atom. The first-order valence-corrected chi connectivity index (χ1v) is 7.00. The second-order valence-corrected chi connectivity index (χ2v) is 5.03. The summed E-state index contributed by atoms with van der Waals surface area (Å²) in [5.41, 5.74) is 7.15. The molecule has 0 aliphatic carbocycles. The molecule has 0 bridgehead atoms. The maximum absolute atomic E-state index is 12.8. The van der Waals surface area contributed by atoms with E-state index in [-0.39, 0.29) is 11.6 Å². The standard InChI is InChI=1S/C16H14F3N3O/c1-2-12-14-11(6-7-21-12)13(15(20)23-14)22-10-5-3-4-9(8-10)16(17,18)19/h3-8,22H,2,20H2,1H3. The minimum atomic E-state index is -4.40. The molecule has 0 aliphatic heterocycles. The highest BCUT2D eigenvalue weighted by Gasteiger charge is 2.30. The van der Waals surface area contributed by atoms with Crippen LogP contribution in [0.5, 0.6) is 0 Å². The molecule has 0 radical (unpaired) electrons. The molecule has 1 aromatic carbocycles. The van der Waals surface area contributed by atoms with Crippen LogP contribution in [-0.2, 0) is 12.6 Å². The van der Waals surface area contributed by atoms with Crippen molar-refractivity contribution in [2.75, 3.05) is 11.1 Å². The topological polar surface area (TPSA) is 64.1 Å². The number of furan rings is 1. The van der Waals surface area contributed by atoms with Crippen LogP contribution in [0, 0.1) is 0 Å². The van der Waals surface area contributed by atoms with Crippen molar-refractivity contribution in [3.63, 3.8) is 0 Å². The van der Waals surface area contributed by atoms with Gasteiger partial charge in [0.25, 0.3) is 0 Å². The number of nitrogens with zero attached hydrogens (tertiary/aromatic N) is 1. The highest BCUT2D eigenvalue weighted by atomic mass is 19.4. The van der Waals surface area contributed by atoms with Crippen molar-refractivity contribution in [1.29, 1.82) is 0 Å². The van der Waals surface area contributed by atoms with E-state index < -0.39 is 11.7 Å². The molecule has 0 saturated heterocycles. The second-order valence-electron chi connectivity index (χ2n) is 5.03. The van der Waals surface area contributed by atoms with Crippen LogP contribution < -0.4 is 11.1 Å². The van der Waals surface area contributed by atoms with Gasteiger partial charge in [-0.25, -0.2) is 0 Å². The number of halogens is 3. The van der Waals surface area contributed by atoms with Crippen LogP contribution in [0.1, 0.15) is 18.2 Å². The summed E-state index contributed by atoms with van der Waals surface area (Å²) in [5, 5.41) is 3.60. The average Bonchev–Trinajstić information content (AvgIpc) is 2.83. The van der Waals surface area contributed by atoms with Crippen molar-refractivity contribution in [2.24, 2.45) is 0 Å². The molecule has 3 N–H and O–H groups in total. The number of hydrogen-bond donors (Lipinski definition) is 2. The molecular formula is C16H14F3N3O. The molecule has 23 heavy (non-hydrogen) atoms. The molecule has 7 heteroatoms. The minimum absolute atomic E-state index is 0.111. The van der Waals surface area contributed by atoms with Gasteiger partial charge in [-0.3, -0.25) is 4.98 Å². The first-order chi connectivity index (χ1) is 10.9. The van der Waals surface area contributed by atoms with Gasteiger partial charge in [-0.2, -0.15) is 13.2 Å². The lowest BCUT2D eigenvalue weighted by Crippen LogP contribution is -2.05. The van der Waals surface area contributed by atoms with E-state index in [1.807, 2.05) is 6.92 Å². The first-order valence-electron chi connectivity index (χ1n) is 7.00. The van der Waals surface area contributed by atoms with Crippen molar-refractivity contribution in [3.05, 3.63) is 47.8 Å². The lowest BCUT2D eigenvalue weighted by atomic mass is 10.1. The fourth-order valence-corrected chi connectivity index (χ4v) is 2.39. The zero-order chi connectivity index (χ0) is 16.6. The van der Waals surface area contributed by atoms with E-state index in [2.05, 4.69) is 10.3 Å². The number of nitrogens with one attached hydrogen (secondary N) is 1. The molecule has 0 fully saturated rings. The third-order valence-corrected chi connectivity index (χ3v) is 3.50. The number of anilines is 3. The van der Waals surface area contributed by atoms with E-state index in [9.17, 15) is 13.2 Å². The van der Waals surface area contributed by atoms with E-state index in [4.69, 9.17) is 10.2 Å². The van der Waals surface area contributed by atoms with Crippen LogP contribution in [0.3, 0.4) is 0 Å². The number of nitrogen functional groups attached to an aromatic ring is 1. The van der Waals surface area contributed by atoms with Crippen LogP contribution in [-0.4, -0.2) is 4.98 Å². The van der Waals surface area contributed by atoms with Gasteiger partial charge in [0.05, 0.1) is 11.3 Å². The smallest absolute Gasteiger partial charge is 0.416 e. The third-order valence-electron chi connectivity index (χ3n) is 3.50. The Balaban J connectivity index is 2.04. The number of alkyl halides is 3. The van der Waals surface area contributed by atoms with Crippen LogP contribution in [0.2, 0.25) is 0 Å².